The van der Waals surface area contributed by atoms with Gasteiger partial charge in [0.15, 0.2) is 5.17 Å². The van der Waals surface area contributed by atoms with Gasteiger partial charge in [0, 0.05) is 4.88 Å². The Labute approximate surface area is 172 Å². The number of fused-ring (bicyclic) bond motifs is 1. The Bertz CT molecular complexity index is 935. The molecule has 7 heteroatoms. The Morgan fingerprint density at radius 3 is 2.68 bits per heavy atom. The first-order valence-electron chi connectivity index (χ1n) is 9.49. The maximum atomic E-state index is 12.8. The molecule has 1 aliphatic carbocycles. The molecule has 0 saturated carbocycles. The smallest absolute Gasteiger partial charge is 0.341 e. The molecule has 0 bridgehead atoms. The molecule has 0 radical (unpaired) electrons. The largest absolute Gasteiger partial charge is 0.459 e. The Kier molecular flexibility index (Phi) is 5.55. The number of carbonyl (C=O) groups excluding carboxylic acids is 2. The monoisotopic (exact) mass is 414 g/mol. The molecule has 0 N–H and O–H groups in total. The highest BCUT2D eigenvalue weighted by Gasteiger charge is 2.32. The van der Waals surface area contributed by atoms with Crippen molar-refractivity contribution in [2.45, 2.75) is 45.6 Å². The zero-order chi connectivity index (χ0) is 19.7. The molecule has 1 fully saturated rings. The van der Waals surface area contributed by atoms with Crippen LogP contribution in [0.5, 0.6) is 0 Å². The average molecular weight is 415 g/mol. The van der Waals surface area contributed by atoms with Gasteiger partial charge in [-0.25, -0.2) is 9.79 Å². The van der Waals surface area contributed by atoms with Crippen LogP contribution in [0.25, 0.3) is 0 Å². The van der Waals surface area contributed by atoms with E-state index in [9.17, 15) is 9.59 Å². The summed E-state index contributed by atoms with van der Waals surface area (Å²) in [5.74, 6) is 0.0434. The number of benzene rings is 1. The van der Waals surface area contributed by atoms with Crippen molar-refractivity contribution < 1.29 is 14.3 Å². The molecule has 2 aliphatic rings. The number of thiophene rings is 1. The molecule has 2 aromatic rings. The van der Waals surface area contributed by atoms with Gasteiger partial charge in [-0.3, -0.25) is 9.69 Å². The molecule has 1 aliphatic heterocycles. The standard InChI is InChI=1S/C21H22N2O3S2/c1-13(2)26-20(25)18-15-10-6-7-11-16(15)28-19(18)22-21-23(17(24)12-27-21)14-8-4-3-5-9-14/h3-5,8-9,13H,6-7,10-12H2,1-2H3. The number of hydrogen-bond donors (Lipinski definition) is 0. The van der Waals surface area contributed by atoms with E-state index in [-0.39, 0.29) is 18.0 Å². The van der Waals surface area contributed by atoms with Crippen LogP contribution in [-0.2, 0) is 22.4 Å². The summed E-state index contributed by atoms with van der Waals surface area (Å²) in [6, 6.07) is 9.51. The van der Waals surface area contributed by atoms with Gasteiger partial charge in [0.2, 0.25) is 5.91 Å². The van der Waals surface area contributed by atoms with Crippen LogP contribution in [0.4, 0.5) is 10.7 Å². The second kappa shape index (κ2) is 8.09. The lowest BCUT2D eigenvalue weighted by Gasteiger charge is -2.16. The molecule has 1 aromatic heterocycles. The van der Waals surface area contributed by atoms with E-state index in [4.69, 9.17) is 9.73 Å². The van der Waals surface area contributed by atoms with Crippen LogP contribution < -0.4 is 4.90 Å². The minimum atomic E-state index is -0.311. The molecule has 1 saturated heterocycles. The van der Waals surface area contributed by atoms with Gasteiger partial charge in [0.25, 0.3) is 0 Å². The van der Waals surface area contributed by atoms with Crippen LogP contribution in [0.2, 0.25) is 0 Å². The van der Waals surface area contributed by atoms with Gasteiger partial charge in [-0.15, -0.1) is 11.3 Å². The Balaban J connectivity index is 1.77. The third-order valence-electron chi connectivity index (χ3n) is 4.68. The summed E-state index contributed by atoms with van der Waals surface area (Å²) in [7, 11) is 0. The molecule has 5 nitrogen and oxygen atoms in total. The molecule has 0 spiro atoms. The lowest BCUT2D eigenvalue weighted by Crippen LogP contribution is -2.29. The molecule has 0 atom stereocenters. The summed E-state index contributed by atoms with van der Waals surface area (Å²) in [6.45, 7) is 3.70. The highest BCUT2D eigenvalue weighted by molar-refractivity contribution is 8.15. The topological polar surface area (TPSA) is 59.0 Å². The van der Waals surface area contributed by atoms with Gasteiger partial charge in [-0.1, -0.05) is 30.0 Å². The van der Waals surface area contributed by atoms with Crippen LogP contribution in [0.15, 0.2) is 35.3 Å². The van der Waals surface area contributed by atoms with Gasteiger partial charge in [0.1, 0.15) is 5.00 Å². The van der Waals surface area contributed by atoms with Crippen molar-refractivity contribution >= 4 is 50.8 Å². The quantitative estimate of drug-likeness (QED) is 0.664. The van der Waals surface area contributed by atoms with Gasteiger partial charge in [-0.2, -0.15) is 0 Å². The number of rotatable bonds is 4. The average Bonchev–Trinajstić information content (AvgIpc) is 3.22. The number of carbonyl (C=O) groups is 2. The van der Waals surface area contributed by atoms with E-state index >= 15 is 0 Å². The van der Waals surface area contributed by atoms with Gasteiger partial charge < -0.3 is 4.74 Å². The minimum Gasteiger partial charge on any atom is -0.459 e. The van der Waals surface area contributed by atoms with Crippen LogP contribution in [0, 0.1) is 0 Å². The lowest BCUT2D eigenvalue weighted by molar-refractivity contribution is -0.115. The van der Waals surface area contributed by atoms with Crippen molar-refractivity contribution in [1.82, 2.24) is 0 Å². The molecular formula is C21H22N2O3S2. The van der Waals surface area contributed by atoms with Crippen molar-refractivity contribution in [3.8, 4) is 0 Å². The first kappa shape index (κ1) is 19.2. The second-order valence-electron chi connectivity index (χ2n) is 7.09. The maximum absolute atomic E-state index is 12.8. The number of esters is 1. The summed E-state index contributed by atoms with van der Waals surface area (Å²) < 4.78 is 5.51. The normalized spacial score (nSPS) is 18.0. The summed E-state index contributed by atoms with van der Waals surface area (Å²) in [6.07, 6.45) is 3.88. The minimum absolute atomic E-state index is 0.00239. The van der Waals surface area contributed by atoms with E-state index in [1.54, 1.807) is 16.2 Å². The van der Waals surface area contributed by atoms with E-state index in [0.717, 1.165) is 36.9 Å². The Morgan fingerprint density at radius 2 is 1.93 bits per heavy atom. The number of aryl methyl sites for hydroxylation is 1. The zero-order valence-corrected chi connectivity index (χ0v) is 17.6. The molecule has 1 amide bonds. The first-order chi connectivity index (χ1) is 13.5. The zero-order valence-electron chi connectivity index (χ0n) is 15.9. The van der Waals surface area contributed by atoms with Crippen LogP contribution in [-0.4, -0.2) is 28.9 Å². The number of amidine groups is 1. The van der Waals surface area contributed by atoms with Gasteiger partial charge in [0.05, 0.1) is 23.1 Å². The van der Waals surface area contributed by atoms with E-state index in [0.29, 0.717) is 21.5 Å². The number of nitrogens with zero attached hydrogens (tertiary/aromatic N) is 2. The van der Waals surface area contributed by atoms with Gasteiger partial charge >= 0.3 is 5.97 Å². The number of aliphatic imine (C=N–C) groups is 1. The highest BCUT2D eigenvalue weighted by Crippen LogP contribution is 2.42. The third kappa shape index (κ3) is 3.73. The predicted octanol–water partition coefficient (Wildman–Crippen LogP) is 4.96. The van der Waals surface area contributed by atoms with Gasteiger partial charge in [-0.05, 0) is 57.2 Å². The number of ether oxygens (including phenoxy) is 1. The SMILES string of the molecule is CC(C)OC(=O)c1c(N=C2SCC(=O)N2c2ccccc2)sc2c1CCCC2. The number of hydrogen-bond acceptors (Lipinski definition) is 6. The number of amides is 1. The molecule has 1 aromatic carbocycles. The highest BCUT2D eigenvalue weighted by atomic mass is 32.2. The maximum Gasteiger partial charge on any atom is 0.341 e. The number of para-hydroxylation sites is 1. The van der Waals surface area contributed by atoms with Crippen LogP contribution in [0.3, 0.4) is 0 Å². The van der Waals surface area contributed by atoms with E-state index < -0.39 is 0 Å². The fourth-order valence-electron chi connectivity index (χ4n) is 3.48. The summed E-state index contributed by atoms with van der Waals surface area (Å²) in [5, 5.41) is 1.28. The number of thioether (sulfide) groups is 1. The van der Waals surface area contributed by atoms with Crippen molar-refractivity contribution in [3.63, 3.8) is 0 Å². The van der Waals surface area contributed by atoms with Crippen molar-refractivity contribution in [2.24, 2.45) is 4.99 Å². The fourth-order valence-corrected chi connectivity index (χ4v) is 5.66. The van der Waals surface area contributed by atoms with Crippen LogP contribution in [0.1, 0.15) is 47.5 Å². The third-order valence-corrected chi connectivity index (χ3v) is 6.79. The summed E-state index contributed by atoms with van der Waals surface area (Å²) in [5.41, 5.74) is 2.47. The van der Waals surface area contributed by atoms with Crippen molar-refractivity contribution in [2.75, 3.05) is 10.7 Å². The van der Waals surface area contributed by atoms with E-state index in [1.807, 2.05) is 44.2 Å². The summed E-state index contributed by atoms with van der Waals surface area (Å²) >= 11 is 2.97. The second-order valence-corrected chi connectivity index (χ2v) is 9.12. The molecule has 0 unspecified atom stereocenters. The molecule has 146 valence electrons. The molecule has 28 heavy (non-hydrogen) atoms. The molecule has 4 rings (SSSR count). The Hall–Kier alpha value is -2.12. The predicted molar refractivity (Wildman–Crippen MR) is 115 cm³/mol. The summed E-state index contributed by atoms with van der Waals surface area (Å²) in [4.78, 5) is 33.0. The fraction of sp³-hybridized carbons (Fsp3) is 0.381. The van der Waals surface area contributed by atoms with E-state index in [1.165, 1.54) is 16.6 Å². The van der Waals surface area contributed by atoms with Crippen LogP contribution >= 0.6 is 23.1 Å². The van der Waals surface area contributed by atoms with E-state index in [2.05, 4.69) is 0 Å². The van der Waals surface area contributed by atoms with Crippen molar-refractivity contribution in [3.05, 3.63) is 46.3 Å². The number of anilines is 1. The Morgan fingerprint density at radius 1 is 1.18 bits per heavy atom. The lowest BCUT2D eigenvalue weighted by atomic mass is 9.95. The molecule has 2 heterocycles. The first-order valence-corrected chi connectivity index (χ1v) is 11.3. The van der Waals surface area contributed by atoms with Crippen molar-refractivity contribution in [1.29, 1.82) is 0 Å². The molecular weight excluding hydrogens is 392 g/mol.